The fourth-order valence-electron chi connectivity index (χ4n) is 1.88. The van der Waals surface area contributed by atoms with Crippen molar-refractivity contribution in [3.05, 3.63) is 17.0 Å². The number of aliphatic imine (C=N–C) groups is 1. The molecule has 0 saturated heterocycles. The summed E-state index contributed by atoms with van der Waals surface area (Å²) in [6, 6.07) is 3.28. The second kappa shape index (κ2) is 9.12. The highest BCUT2D eigenvalue weighted by molar-refractivity contribution is 7.91. The van der Waals surface area contributed by atoms with Crippen LogP contribution in [0.4, 0.5) is 0 Å². The summed E-state index contributed by atoms with van der Waals surface area (Å²) in [5.41, 5.74) is 0. The van der Waals surface area contributed by atoms with Crippen LogP contribution in [-0.4, -0.2) is 28.0 Å². The summed E-state index contributed by atoms with van der Waals surface area (Å²) in [5, 5.41) is 11.5. The minimum absolute atomic E-state index is 0.181. The lowest BCUT2D eigenvalue weighted by molar-refractivity contribution is 0.534. The first-order valence-electron chi connectivity index (χ1n) is 7.39. The maximum atomic E-state index is 11.2. The molecule has 0 aliphatic carbocycles. The maximum Gasteiger partial charge on any atom is 0.247 e. The molecule has 1 aromatic rings. The third kappa shape index (κ3) is 7.24. The summed E-state index contributed by atoms with van der Waals surface area (Å²) in [5.74, 6) is 1.46. The Kier molecular flexibility index (Phi) is 7.84. The molecule has 4 N–H and O–H groups in total. The molecule has 1 rings (SSSR count). The van der Waals surface area contributed by atoms with Gasteiger partial charge in [-0.2, -0.15) is 0 Å². The number of hydrogen-bond acceptors (Lipinski definition) is 4. The number of guanidine groups is 1. The van der Waals surface area contributed by atoms with Crippen molar-refractivity contribution >= 4 is 27.3 Å². The first-order chi connectivity index (χ1) is 10.3. The van der Waals surface area contributed by atoms with Crippen LogP contribution in [-0.2, 0) is 16.6 Å². The molecule has 1 heterocycles. The van der Waals surface area contributed by atoms with E-state index in [0.717, 1.165) is 29.7 Å². The molecule has 0 spiro atoms. The first kappa shape index (κ1) is 18.9. The molecule has 8 heteroatoms. The fraction of sp³-hybridized carbons (Fsp3) is 0.643. The minimum atomic E-state index is -3.61. The summed E-state index contributed by atoms with van der Waals surface area (Å²) in [7, 11) is -1.89. The van der Waals surface area contributed by atoms with Crippen molar-refractivity contribution < 1.29 is 8.42 Å². The number of unbranched alkanes of at least 4 members (excludes halogenated alkanes) is 1. The van der Waals surface area contributed by atoms with Crippen LogP contribution < -0.4 is 15.8 Å². The Balaban J connectivity index is 2.34. The van der Waals surface area contributed by atoms with Gasteiger partial charge in [-0.3, -0.25) is 4.99 Å². The highest BCUT2D eigenvalue weighted by Crippen LogP contribution is 2.19. The molecule has 0 aliphatic rings. The molecular weight excluding hydrogens is 320 g/mol. The molecule has 6 nitrogen and oxygen atoms in total. The van der Waals surface area contributed by atoms with Gasteiger partial charge in [0.25, 0.3) is 0 Å². The monoisotopic (exact) mass is 346 g/mol. The van der Waals surface area contributed by atoms with Gasteiger partial charge in [0.15, 0.2) is 5.96 Å². The van der Waals surface area contributed by atoms with E-state index in [1.165, 1.54) is 30.2 Å². The van der Waals surface area contributed by atoms with Crippen molar-refractivity contribution in [1.82, 2.24) is 10.6 Å². The topological polar surface area (TPSA) is 96.6 Å². The zero-order valence-corrected chi connectivity index (χ0v) is 15.1. The number of nitrogens with two attached hydrogens (primary N) is 1. The van der Waals surface area contributed by atoms with E-state index in [4.69, 9.17) is 5.14 Å². The number of thiophene rings is 1. The highest BCUT2D eigenvalue weighted by atomic mass is 32.2. The van der Waals surface area contributed by atoms with Crippen molar-refractivity contribution in [2.24, 2.45) is 16.0 Å². The van der Waals surface area contributed by atoms with Gasteiger partial charge in [-0.25, -0.2) is 13.6 Å². The molecule has 0 amide bonds. The average molecular weight is 347 g/mol. The minimum Gasteiger partial charge on any atom is -0.356 e. The van der Waals surface area contributed by atoms with E-state index in [1.807, 2.05) is 0 Å². The molecule has 22 heavy (non-hydrogen) atoms. The molecule has 126 valence electrons. The predicted molar refractivity (Wildman–Crippen MR) is 92.6 cm³/mol. The van der Waals surface area contributed by atoms with Crippen LogP contribution in [0.25, 0.3) is 0 Å². The quantitative estimate of drug-likeness (QED) is 0.380. The second-order valence-corrected chi connectivity index (χ2v) is 8.46. The molecule has 0 aliphatic heterocycles. The van der Waals surface area contributed by atoms with Crippen LogP contribution in [0, 0.1) is 5.92 Å². The molecule has 0 aromatic carbocycles. The summed E-state index contributed by atoms with van der Waals surface area (Å²) < 4.78 is 22.6. The van der Waals surface area contributed by atoms with E-state index >= 15 is 0 Å². The Labute approximate surface area is 137 Å². The predicted octanol–water partition coefficient (Wildman–Crippen LogP) is 1.89. The molecular formula is C14H26N4O2S2. The fourth-order valence-corrected chi connectivity index (χ4v) is 3.60. The smallest absolute Gasteiger partial charge is 0.247 e. The van der Waals surface area contributed by atoms with Gasteiger partial charge < -0.3 is 10.6 Å². The van der Waals surface area contributed by atoms with E-state index in [2.05, 4.69) is 29.5 Å². The summed E-state index contributed by atoms with van der Waals surface area (Å²) >= 11 is 1.17. The van der Waals surface area contributed by atoms with E-state index in [-0.39, 0.29) is 4.21 Å². The number of hydrogen-bond donors (Lipinski definition) is 3. The van der Waals surface area contributed by atoms with Crippen LogP contribution in [0.3, 0.4) is 0 Å². The SMILES string of the molecule is CN=C(NCCCCC(C)C)NCc1ccc(S(N)(=O)=O)s1. The van der Waals surface area contributed by atoms with Gasteiger partial charge in [0.05, 0.1) is 6.54 Å². The summed E-state index contributed by atoms with van der Waals surface area (Å²) in [4.78, 5) is 5.04. The molecule has 0 fully saturated rings. The van der Waals surface area contributed by atoms with E-state index in [1.54, 1.807) is 13.1 Å². The second-order valence-electron chi connectivity index (χ2n) is 5.51. The average Bonchev–Trinajstić information content (AvgIpc) is 2.90. The van der Waals surface area contributed by atoms with Crippen LogP contribution in [0.15, 0.2) is 21.3 Å². The molecule has 0 atom stereocenters. The van der Waals surface area contributed by atoms with Gasteiger partial charge in [-0.05, 0) is 24.5 Å². The molecule has 0 bridgehead atoms. The molecule has 0 unspecified atom stereocenters. The Hall–Kier alpha value is -1.12. The number of sulfonamides is 1. The van der Waals surface area contributed by atoms with E-state index in [9.17, 15) is 8.42 Å². The van der Waals surface area contributed by atoms with E-state index < -0.39 is 10.0 Å². The third-order valence-electron chi connectivity index (χ3n) is 3.07. The van der Waals surface area contributed by atoms with Gasteiger partial charge >= 0.3 is 0 Å². The Morgan fingerprint density at radius 2 is 2.05 bits per heavy atom. The van der Waals surface area contributed by atoms with Crippen LogP contribution >= 0.6 is 11.3 Å². The van der Waals surface area contributed by atoms with Gasteiger partial charge in [0.2, 0.25) is 10.0 Å². The maximum absolute atomic E-state index is 11.2. The lowest BCUT2D eigenvalue weighted by Gasteiger charge is -2.11. The van der Waals surface area contributed by atoms with Crippen molar-refractivity contribution in [1.29, 1.82) is 0 Å². The van der Waals surface area contributed by atoms with Crippen LogP contribution in [0.2, 0.25) is 0 Å². The lowest BCUT2D eigenvalue weighted by Crippen LogP contribution is -2.37. The standard InChI is InChI=1S/C14H26N4O2S2/c1-11(2)6-4-5-9-17-14(16-3)18-10-12-7-8-13(21-12)22(15,19)20/h7-8,11H,4-6,9-10H2,1-3H3,(H2,15,19,20)(H2,16,17,18). The normalized spacial score (nSPS) is 12.7. The number of primary sulfonamides is 1. The molecule has 0 radical (unpaired) electrons. The number of rotatable bonds is 8. The third-order valence-corrected chi connectivity index (χ3v) is 5.60. The summed E-state index contributed by atoms with van der Waals surface area (Å²) in [6.45, 7) is 5.85. The highest BCUT2D eigenvalue weighted by Gasteiger charge is 2.11. The van der Waals surface area contributed by atoms with Crippen molar-refractivity contribution in [2.75, 3.05) is 13.6 Å². The zero-order valence-electron chi connectivity index (χ0n) is 13.4. The van der Waals surface area contributed by atoms with Gasteiger partial charge in [-0.15, -0.1) is 11.3 Å². The largest absolute Gasteiger partial charge is 0.356 e. The Morgan fingerprint density at radius 3 is 2.59 bits per heavy atom. The van der Waals surface area contributed by atoms with Crippen molar-refractivity contribution in [3.63, 3.8) is 0 Å². The van der Waals surface area contributed by atoms with Gasteiger partial charge in [0, 0.05) is 18.5 Å². The molecule has 1 aromatic heterocycles. The van der Waals surface area contributed by atoms with Crippen LogP contribution in [0.1, 0.15) is 38.0 Å². The van der Waals surface area contributed by atoms with E-state index in [0.29, 0.717) is 6.54 Å². The van der Waals surface area contributed by atoms with Crippen molar-refractivity contribution in [3.8, 4) is 0 Å². The van der Waals surface area contributed by atoms with Gasteiger partial charge in [0.1, 0.15) is 4.21 Å². The number of nitrogens with one attached hydrogen (secondary N) is 2. The Bertz CT molecular complexity index is 579. The number of nitrogens with zero attached hydrogens (tertiary/aromatic N) is 1. The zero-order chi connectivity index (χ0) is 16.6. The molecule has 0 saturated carbocycles. The Morgan fingerprint density at radius 1 is 1.32 bits per heavy atom. The first-order valence-corrected chi connectivity index (χ1v) is 9.75. The van der Waals surface area contributed by atoms with Crippen molar-refractivity contribution in [2.45, 2.75) is 43.9 Å². The summed E-state index contributed by atoms with van der Waals surface area (Å²) in [6.07, 6.45) is 3.54. The van der Waals surface area contributed by atoms with Crippen LogP contribution in [0.5, 0.6) is 0 Å². The lowest BCUT2D eigenvalue weighted by atomic mass is 10.1. The van der Waals surface area contributed by atoms with Gasteiger partial charge in [-0.1, -0.05) is 26.7 Å².